The van der Waals surface area contributed by atoms with Gasteiger partial charge in [0.15, 0.2) is 0 Å². The summed E-state index contributed by atoms with van der Waals surface area (Å²) in [5.41, 5.74) is 1.90. The number of hydrogen-bond acceptors (Lipinski definition) is 3. The van der Waals surface area contributed by atoms with Crippen LogP contribution in [-0.2, 0) is 11.3 Å². The van der Waals surface area contributed by atoms with Crippen molar-refractivity contribution < 1.29 is 14.7 Å². The molecule has 0 saturated carbocycles. The molecule has 2 fully saturated rings. The van der Waals surface area contributed by atoms with Crippen molar-refractivity contribution in [3.8, 4) is 0 Å². The van der Waals surface area contributed by atoms with Crippen molar-refractivity contribution in [2.24, 2.45) is 5.92 Å². The van der Waals surface area contributed by atoms with Crippen LogP contribution in [0.3, 0.4) is 0 Å². The van der Waals surface area contributed by atoms with Crippen LogP contribution < -0.4 is 0 Å². The number of hydrogen-bond donors (Lipinski definition) is 1. The molecule has 3 rings (SSSR count). The maximum absolute atomic E-state index is 12.6. The zero-order valence-corrected chi connectivity index (χ0v) is 14.1. The van der Waals surface area contributed by atoms with Gasteiger partial charge in [0.25, 0.3) is 5.91 Å². The van der Waals surface area contributed by atoms with Crippen molar-refractivity contribution in [1.29, 1.82) is 0 Å². The van der Waals surface area contributed by atoms with Crippen LogP contribution in [0.25, 0.3) is 0 Å². The third-order valence-electron chi connectivity index (χ3n) is 5.16. The summed E-state index contributed by atoms with van der Waals surface area (Å²) >= 11 is 0. The van der Waals surface area contributed by atoms with E-state index in [9.17, 15) is 9.59 Å². The van der Waals surface area contributed by atoms with Crippen LogP contribution in [0, 0.1) is 5.92 Å². The van der Waals surface area contributed by atoms with Gasteiger partial charge >= 0.3 is 5.97 Å². The number of nitrogens with zero attached hydrogens (tertiary/aromatic N) is 2. The Morgan fingerprint density at radius 2 is 1.75 bits per heavy atom. The van der Waals surface area contributed by atoms with E-state index in [2.05, 4.69) is 11.0 Å². The molecule has 24 heavy (non-hydrogen) atoms. The van der Waals surface area contributed by atoms with Gasteiger partial charge in [-0.2, -0.15) is 0 Å². The number of carboxylic acids is 1. The van der Waals surface area contributed by atoms with Crippen LogP contribution in [0.4, 0.5) is 0 Å². The van der Waals surface area contributed by atoms with Crippen molar-refractivity contribution in [3.05, 3.63) is 35.4 Å². The lowest BCUT2D eigenvalue weighted by Crippen LogP contribution is -2.36. The van der Waals surface area contributed by atoms with Crippen molar-refractivity contribution in [2.45, 2.75) is 38.6 Å². The molecule has 0 spiro atoms. The molecule has 2 saturated heterocycles. The van der Waals surface area contributed by atoms with Crippen molar-refractivity contribution in [1.82, 2.24) is 9.80 Å². The fourth-order valence-electron chi connectivity index (χ4n) is 3.68. The number of benzene rings is 1. The van der Waals surface area contributed by atoms with Gasteiger partial charge in [0.1, 0.15) is 0 Å². The van der Waals surface area contributed by atoms with Crippen molar-refractivity contribution in [2.75, 3.05) is 26.2 Å². The van der Waals surface area contributed by atoms with Crippen LogP contribution >= 0.6 is 0 Å². The second-order valence-electron chi connectivity index (χ2n) is 6.94. The van der Waals surface area contributed by atoms with Gasteiger partial charge in [-0.25, -0.2) is 0 Å². The highest BCUT2D eigenvalue weighted by molar-refractivity contribution is 5.94. The number of rotatable bonds is 4. The summed E-state index contributed by atoms with van der Waals surface area (Å²) in [7, 11) is 0. The highest BCUT2D eigenvalue weighted by Gasteiger charge is 2.24. The third kappa shape index (κ3) is 4.15. The summed E-state index contributed by atoms with van der Waals surface area (Å²) in [5, 5.41) is 9.07. The van der Waals surface area contributed by atoms with Gasteiger partial charge in [-0.15, -0.1) is 0 Å². The van der Waals surface area contributed by atoms with Gasteiger partial charge < -0.3 is 10.0 Å². The monoisotopic (exact) mass is 330 g/mol. The molecule has 5 heteroatoms. The lowest BCUT2D eigenvalue weighted by Gasteiger charge is -2.30. The molecule has 0 aromatic heterocycles. The SMILES string of the molecule is O=C(O)C1CCN(Cc2cccc(C(=O)N3CCCCC3)c2)CC1. The number of carbonyl (C=O) groups excluding carboxylic acids is 1. The first-order chi connectivity index (χ1) is 11.6. The third-order valence-corrected chi connectivity index (χ3v) is 5.16. The highest BCUT2D eigenvalue weighted by Crippen LogP contribution is 2.20. The summed E-state index contributed by atoms with van der Waals surface area (Å²) < 4.78 is 0. The molecule has 0 atom stereocenters. The van der Waals surface area contributed by atoms with Crippen LogP contribution in [0.2, 0.25) is 0 Å². The number of carbonyl (C=O) groups is 2. The van der Waals surface area contributed by atoms with Crippen molar-refractivity contribution >= 4 is 11.9 Å². The molecule has 1 aromatic rings. The fourth-order valence-corrected chi connectivity index (χ4v) is 3.68. The smallest absolute Gasteiger partial charge is 0.306 e. The number of likely N-dealkylation sites (tertiary alicyclic amines) is 2. The Morgan fingerprint density at radius 1 is 1.04 bits per heavy atom. The van der Waals surface area contributed by atoms with E-state index in [-0.39, 0.29) is 11.8 Å². The normalized spacial score (nSPS) is 20.1. The summed E-state index contributed by atoms with van der Waals surface area (Å²) in [6.45, 7) is 4.13. The van der Waals surface area contributed by atoms with E-state index in [0.717, 1.165) is 56.7 Å². The van der Waals surface area contributed by atoms with Gasteiger partial charge in [-0.3, -0.25) is 14.5 Å². The fraction of sp³-hybridized carbons (Fsp3) is 0.579. The summed E-state index contributed by atoms with van der Waals surface area (Å²) in [6.07, 6.45) is 4.84. The molecule has 0 bridgehead atoms. The van der Waals surface area contributed by atoms with Gasteiger partial charge in [-0.05, 0) is 62.9 Å². The lowest BCUT2D eigenvalue weighted by molar-refractivity contribution is -0.143. The molecule has 2 heterocycles. The predicted octanol–water partition coefficient (Wildman–Crippen LogP) is 2.61. The molecule has 0 unspecified atom stereocenters. The second-order valence-corrected chi connectivity index (χ2v) is 6.94. The summed E-state index contributed by atoms with van der Waals surface area (Å²) in [5.74, 6) is -0.738. The first kappa shape index (κ1) is 17.0. The van der Waals surface area contributed by atoms with E-state index in [1.807, 2.05) is 23.1 Å². The van der Waals surface area contributed by atoms with E-state index in [4.69, 9.17) is 5.11 Å². The molecule has 1 N–H and O–H groups in total. The Kier molecular flexibility index (Phi) is 5.51. The average Bonchev–Trinajstić information content (AvgIpc) is 2.62. The van der Waals surface area contributed by atoms with Crippen LogP contribution in [-0.4, -0.2) is 53.0 Å². The first-order valence-electron chi connectivity index (χ1n) is 8.97. The largest absolute Gasteiger partial charge is 0.481 e. The number of piperidine rings is 2. The minimum atomic E-state index is -0.677. The van der Waals surface area contributed by atoms with Crippen LogP contribution in [0.5, 0.6) is 0 Å². The number of amides is 1. The maximum Gasteiger partial charge on any atom is 0.306 e. The average molecular weight is 330 g/mol. The molecule has 1 aromatic carbocycles. The molecule has 2 aliphatic heterocycles. The quantitative estimate of drug-likeness (QED) is 0.922. The van der Waals surface area contributed by atoms with Gasteiger partial charge in [0.2, 0.25) is 0 Å². The van der Waals surface area contributed by atoms with Gasteiger partial charge in [0.05, 0.1) is 5.92 Å². The molecular weight excluding hydrogens is 304 g/mol. The molecular formula is C19H26N2O3. The van der Waals surface area contributed by atoms with Gasteiger partial charge in [-0.1, -0.05) is 12.1 Å². The van der Waals surface area contributed by atoms with Crippen molar-refractivity contribution in [3.63, 3.8) is 0 Å². The Labute approximate surface area is 143 Å². The summed E-state index contributed by atoms with van der Waals surface area (Å²) in [6, 6.07) is 7.91. The highest BCUT2D eigenvalue weighted by atomic mass is 16.4. The number of aliphatic carboxylic acids is 1. The molecule has 1 amide bonds. The molecule has 0 radical (unpaired) electrons. The Hall–Kier alpha value is -1.88. The van der Waals surface area contributed by atoms with Gasteiger partial charge in [0, 0.05) is 25.2 Å². The standard InChI is InChI=1S/C19H26N2O3/c22-18(21-9-2-1-3-10-21)17-6-4-5-15(13-17)14-20-11-7-16(8-12-20)19(23)24/h4-6,13,16H,1-3,7-12,14H2,(H,23,24). The molecule has 2 aliphatic rings. The lowest BCUT2D eigenvalue weighted by atomic mass is 9.96. The number of carboxylic acid groups (broad SMARTS) is 1. The Morgan fingerprint density at radius 3 is 2.42 bits per heavy atom. The molecule has 0 aliphatic carbocycles. The predicted molar refractivity (Wildman–Crippen MR) is 91.8 cm³/mol. The molecule has 130 valence electrons. The Bertz CT molecular complexity index is 588. The Balaban J connectivity index is 1.59. The van der Waals surface area contributed by atoms with E-state index >= 15 is 0 Å². The zero-order chi connectivity index (χ0) is 16.9. The second kappa shape index (κ2) is 7.79. The minimum Gasteiger partial charge on any atom is -0.481 e. The molecule has 5 nitrogen and oxygen atoms in total. The van der Waals surface area contributed by atoms with E-state index in [0.29, 0.717) is 12.8 Å². The zero-order valence-electron chi connectivity index (χ0n) is 14.1. The first-order valence-corrected chi connectivity index (χ1v) is 8.97. The van der Waals surface area contributed by atoms with E-state index in [1.54, 1.807) is 0 Å². The maximum atomic E-state index is 12.6. The minimum absolute atomic E-state index is 0.140. The van der Waals surface area contributed by atoms with Crippen LogP contribution in [0.15, 0.2) is 24.3 Å². The van der Waals surface area contributed by atoms with E-state index in [1.165, 1.54) is 6.42 Å². The van der Waals surface area contributed by atoms with E-state index < -0.39 is 5.97 Å². The summed E-state index contributed by atoms with van der Waals surface area (Å²) in [4.78, 5) is 27.9. The topological polar surface area (TPSA) is 60.9 Å². The van der Waals surface area contributed by atoms with Crippen LogP contribution in [0.1, 0.15) is 48.0 Å².